The van der Waals surface area contributed by atoms with Crippen LogP contribution >= 0.6 is 0 Å². The largest absolute Gasteiger partial charge is 0.497 e. The lowest BCUT2D eigenvalue weighted by Crippen LogP contribution is -2.32. The Kier molecular flexibility index (Phi) is 7.49. The highest BCUT2D eigenvalue weighted by Crippen LogP contribution is 2.28. The first-order chi connectivity index (χ1) is 15.4. The maximum Gasteiger partial charge on any atom is 0.266 e. The number of nitrogens with one attached hydrogen (secondary N) is 1. The van der Waals surface area contributed by atoms with Gasteiger partial charge in [-0.1, -0.05) is 0 Å². The predicted molar refractivity (Wildman–Crippen MR) is 120 cm³/mol. The summed E-state index contributed by atoms with van der Waals surface area (Å²) < 4.78 is 44.9. The SMILES string of the molecule is CCOc1ccc(-c2ccc(=O)n(CCNS(=O)(=O)c3cc(OC)ccc3OC)n2)cc1. The van der Waals surface area contributed by atoms with E-state index in [0.717, 1.165) is 11.3 Å². The highest BCUT2D eigenvalue weighted by molar-refractivity contribution is 7.89. The van der Waals surface area contributed by atoms with Crippen molar-refractivity contribution in [2.75, 3.05) is 27.4 Å². The summed E-state index contributed by atoms with van der Waals surface area (Å²) in [4.78, 5) is 12.2. The summed E-state index contributed by atoms with van der Waals surface area (Å²) in [5.41, 5.74) is 1.06. The molecular formula is C22H25N3O6S. The Balaban J connectivity index is 1.75. The fraction of sp³-hybridized carbons (Fsp3) is 0.273. The Morgan fingerprint density at radius 3 is 2.34 bits per heavy atom. The third-order valence-corrected chi connectivity index (χ3v) is 6.09. The molecule has 1 heterocycles. The number of rotatable bonds is 10. The first kappa shape index (κ1) is 23.3. The fourth-order valence-corrected chi connectivity index (χ4v) is 4.21. The van der Waals surface area contributed by atoms with Crippen molar-refractivity contribution in [2.24, 2.45) is 0 Å². The van der Waals surface area contributed by atoms with Crippen molar-refractivity contribution < 1.29 is 22.6 Å². The molecule has 0 atom stereocenters. The molecule has 0 aliphatic rings. The Hall–Kier alpha value is -3.37. The lowest BCUT2D eigenvalue weighted by molar-refractivity contribution is 0.340. The summed E-state index contributed by atoms with van der Waals surface area (Å²) in [6, 6.07) is 14.9. The number of methoxy groups -OCH3 is 2. The van der Waals surface area contributed by atoms with Gasteiger partial charge in [-0.15, -0.1) is 0 Å². The summed E-state index contributed by atoms with van der Waals surface area (Å²) in [6.07, 6.45) is 0. The molecule has 0 saturated carbocycles. The average Bonchev–Trinajstić information content (AvgIpc) is 2.80. The molecule has 2 aromatic carbocycles. The molecule has 32 heavy (non-hydrogen) atoms. The lowest BCUT2D eigenvalue weighted by atomic mass is 10.1. The summed E-state index contributed by atoms with van der Waals surface area (Å²) in [5.74, 6) is 1.31. The number of nitrogens with zero attached hydrogens (tertiary/aromatic N) is 2. The molecule has 0 unspecified atom stereocenters. The maximum atomic E-state index is 12.8. The Bertz CT molecular complexity index is 1220. The highest BCUT2D eigenvalue weighted by Gasteiger charge is 2.20. The van der Waals surface area contributed by atoms with Crippen LogP contribution in [0, 0.1) is 0 Å². The van der Waals surface area contributed by atoms with E-state index in [1.54, 1.807) is 12.1 Å². The lowest BCUT2D eigenvalue weighted by Gasteiger charge is -2.13. The number of sulfonamides is 1. The van der Waals surface area contributed by atoms with Gasteiger partial charge >= 0.3 is 0 Å². The van der Waals surface area contributed by atoms with Crippen LogP contribution in [0.5, 0.6) is 17.2 Å². The van der Waals surface area contributed by atoms with Gasteiger partial charge in [0, 0.05) is 24.2 Å². The predicted octanol–water partition coefficient (Wildman–Crippen LogP) is 2.30. The third-order valence-electron chi connectivity index (χ3n) is 4.60. The van der Waals surface area contributed by atoms with Crippen molar-refractivity contribution in [2.45, 2.75) is 18.4 Å². The van der Waals surface area contributed by atoms with Crippen molar-refractivity contribution >= 4 is 10.0 Å². The van der Waals surface area contributed by atoms with Gasteiger partial charge in [-0.2, -0.15) is 5.10 Å². The zero-order valence-corrected chi connectivity index (χ0v) is 18.9. The van der Waals surface area contributed by atoms with Crippen molar-refractivity contribution in [3.63, 3.8) is 0 Å². The molecule has 3 rings (SSSR count). The molecule has 0 saturated heterocycles. The second-order valence-corrected chi connectivity index (χ2v) is 8.39. The van der Waals surface area contributed by atoms with Crippen molar-refractivity contribution in [3.05, 3.63) is 65.0 Å². The zero-order valence-electron chi connectivity index (χ0n) is 18.1. The van der Waals surface area contributed by atoms with Gasteiger partial charge in [0.15, 0.2) is 0 Å². The number of ether oxygens (including phenoxy) is 3. The van der Waals surface area contributed by atoms with Gasteiger partial charge < -0.3 is 14.2 Å². The first-order valence-electron chi connectivity index (χ1n) is 9.91. The molecule has 0 aliphatic carbocycles. The molecule has 9 nitrogen and oxygen atoms in total. The minimum absolute atomic E-state index is 0.0393. The monoisotopic (exact) mass is 459 g/mol. The van der Waals surface area contributed by atoms with Crippen LogP contribution < -0.4 is 24.5 Å². The molecule has 0 spiro atoms. The van der Waals surface area contributed by atoms with Crippen LogP contribution in [-0.4, -0.2) is 45.6 Å². The van der Waals surface area contributed by atoms with E-state index in [4.69, 9.17) is 14.2 Å². The number of benzene rings is 2. The summed E-state index contributed by atoms with van der Waals surface area (Å²) >= 11 is 0. The Morgan fingerprint density at radius 1 is 0.969 bits per heavy atom. The summed E-state index contributed by atoms with van der Waals surface area (Å²) in [6.45, 7) is 2.49. The van der Waals surface area contributed by atoms with Crippen molar-refractivity contribution in [1.29, 1.82) is 0 Å². The van der Waals surface area contributed by atoms with Crippen molar-refractivity contribution in [3.8, 4) is 28.5 Å². The number of hydrogen-bond donors (Lipinski definition) is 1. The molecule has 0 bridgehead atoms. The molecule has 1 aromatic heterocycles. The smallest absolute Gasteiger partial charge is 0.266 e. The maximum absolute atomic E-state index is 12.8. The van der Waals surface area contributed by atoms with E-state index in [-0.39, 0.29) is 29.3 Å². The van der Waals surface area contributed by atoms with Gasteiger partial charge in [-0.3, -0.25) is 4.79 Å². The molecule has 170 valence electrons. The molecule has 0 amide bonds. The van der Waals surface area contributed by atoms with E-state index < -0.39 is 10.0 Å². The minimum Gasteiger partial charge on any atom is -0.497 e. The second-order valence-electron chi connectivity index (χ2n) is 6.65. The summed E-state index contributed by atoms with van der Waals surface area (Å²) in [7, 11) is -1.07. The van der Waals surface area contributed by atoms with E-state index in [2.05, 4.69) is 9.82 Å². The van der Waals surface area contributed by atoms with Gasteiger partial charge in [0.05, 0.1) is 33.1 Å². The standard InChI is InChI=1S/C22H25N3O6S/c1-4-31-17-7-5-16(6-8-17)19-10-12-22(26)25(24-19)14-13-23-32(27,28)21-15-18(29-2)9-11-20(21)30-3/h5-12,15,23H,4,13-14H2,1-3H3. The first-order valence-corrected chi connectivity index (χ1v) is 11.4. The molecule has 0 aliphatic heterocycles. The van der Waals surface area contributed by atoms with Crippen LogP contribution in [-0.2, 0) is 16.6 Å². The molecule has 10 heteroatoms. The molecule has 3 aromatic rings. The molecule has 0 radical (unpaired) electrons. The van der Waals surface area contributed by atoms with Crippen molar-refractivity contribution in [1.82, 2.24) is 14.5 Å². The summed E-state index contributed by atoms with van der Waals surface area (Å²) in [5, 5.41) is 4.36. The number of aromatic nitrogens is 2. The fourth-order valence-electron chi connectivity index (χ4n) is 3.01. The van der Waals surface area contributed by atoms with Crippen LogP contribution in [0.3, 0.4) is 0 Å². The van der Waals surface area contributed by atoms with Crippen LogP contribution in [0.15, 0.2) is 64.3 Å². The van der Waals surface area contributed by atoms with Gasteiger partial charge in [0.1, 0.15) is 22.1 Å². The van der Waals surface area contributed by atoms with Crippen LogP contribution in [0.4, 0.5) is 0 Å². The van der Waals surface area contributed by atoms with Crippen LogP contribution in [0.2, 0.25) is 0 Å². The Morgan fingerprint density at radius 2 is 1.69 bits per heavy atom. The number of hydrogen-bond acceptors (Lipinski definition) is 7. The van der Waals surface area contributed by atoms with Gasteiger partial charge in [0.25, 0.3) is 5.56 Å². The van der Waals surface area contributed by atoms with Gasteiger partial charge in [-0.05, 0) is 49.4 Å². The van der Waals surface area contributed by atoms with Gasteiger partial charge in [0.2, 0.25) is 10.0 Å². The van der Waals surface area contributed by atoms with E-state index in [9.17, 15) is 13.2 Å². The third kappa shape index (κ3) is 5.45. The van der Waals surface area contributed by atoms with E-state index in [0.29, 0.717) is 18.1 Å². The minimum atomic E-state index is -3.90. The Labute approximate surface area is 186 Å². The van der Waals surface area contributed by atoms with Gasteiger partial charge in [-0.25, -0.2) is 17.8 Å². The zero-order chi connectivity index (χ0) is 23.1. The highest BCUT2D eigenvalue weighted by atomic mass is 32.2. The van der Waals surface area contributed by atoms with Crippen LogP contribution in [0.1, 0.15) is 6.92 Å². The molecular weight excluding hydrogens is 434 g/mol. The average molecular weight is 460 g/mol. The van der Waals surface area contributed by atoms with Crippen LogP contribution in [0.25, 0.3) is 11.3 Å². The van der Waals surface area contributed by atoms with E-state index in [1.165, 1.54) is 37.1 Å². The molecule has 1 N–H and O–H groups in total. The second kappa shape index (κ2) is 10.3. The van der Waals surface area contributed by atoms with E-state index in [1.807, 2.05) is 31.2 Å². The quantitative estimate of drug-likeness (QED) is 0.496. The topological polar surface area (TPSA) is 109 Å². The normalized spacial score (nSPS) is 11.2. The molecule has 0 fully saturated rings. The van der Waals surface area contributed by atoms with E-state index >= 15 is 0 Å².